The molecule has 0 aliphatic heterocycles. The Morgan fingerprint density at radius 3 is 1.15 bits per heavy atom. The number of aryl methyl sites for hydroxylation is 4. The van der Waals surface area contributed by atoms with E-state index in [1.54, 1.807) is 60.7 Å². The van der Waals surface area contributed by atoms with E-state index in [1.165, 1.54) is 61.7 Å². The Kier molecular flexibility index (Phi) is 48.5. The number of aliphatic hydroxyl groups excluding tert-OH is 2. The van der Waals surface area contributed by atoms with Crippen LogP contribution in [0.4, 0.5) is 109 Å². The molecule has 40 nitrogen and oxygen atoms in total. The predicted molar refractivity (Wildman–Crippen MR) is 581 cm³/mol. The smallest absolute Gasteiger partial charge is 0.356 e. The number of anilines is 6. The Balaban J connectivity index is 0.000000210. The van der Waals surface area contributed by atoms with Gasteiger partial charge in [-0.3, -0.25) is 0 Å². The average molecular weight is 2080 g/mol. The largest absolute Gasteiger partial charge is 0.710 e. The molecule has 0 saturated heterocycles. The summed E-state index contributed by atoms with van der Waals surface area (Å²) in [7, 11) is 10.2. The molecule has 0 unspecified atom stereocenters. The van der Waals surface area contributed by atoms with Crippen molar-refractivity contribution in [2.45, 2.75) is 48.5 Å². The standard InChI is InChI=1S/C18H16N4O.C16H20N4O.C15H17ClN4O.C15H18N4O3.C14H15ClN4O.C14H17N4.C13H14N4O.CH4O4S/c1-14-6-5-13-22(23)18(14)21-20-17-11-9-16(10-12-17)19-15-7-3-2-4-8-15;1-4-19(5-2)15-10-8-14(9-11-15)17-18-16-13(3)7-6-12-20(16)21;1-3-19(4-2)14-8-6-13(7-9-14)17-18-15-10-5-12(16)11-20(15)21;20-10-8-18(9-11-21)15-5-3-13(4-6-15)16-17-14-2-1-7-19(22)12-14;1-10-8-12(18(2)3)5-6-13(10)16-17-14-7-4-11(15)9-19(14)20;1-17(2)13-9-7-12(8-10-13)15-16-14-6-4-5-11-18(14)3;1-16(2)13-7-5-11(6-8-13)14-15-12-4-3-9-17(18)10-12;1-6(3,4)5-2/h2-13,23H,1H3;6-12H,4-5H2,1-3H3;5-11H,3-4H2,1-2H3;1-7,12,20-21H,8-11H2;4-9H,1-3H3;4-11H,1-3H3;3-10H,1-2H3;2H,1H3/q;;;;;+1;;/p-1. The van der Waals surface area contributed by atoms with Gasteiger partial charge in [-0.15, -0.1) is 20.4 Å². The maximum atomic E-state index is 11.6. The van der Waals surface area contributed by atoms with Gasteiger partial charge in [0.25, 0.3) is 10.1 Å². The molecule has 1 aliphatic carbocycles. The predicted octanol–water partition coefficient (Wildman–Crippen LogP) is 20.6. The number of azo groups is 6. The summed E-state index contributed by atoms with van der Waals surface area (Å²) >= 11 is 11.4. The summed E-state index contributed by atoms with van der Waals surface area (Å²) < 4.78 is 27.7. The zero-order valence-corrected chi connectivity index (χ0v) is 87.5. The van der Waals surface area contributed by atoms with Crippen LogP contribution in [0.1, 0.15) is 44.4 Å². The molecule has 15 rings (SSSR count). The summed E-state index contributed by atoms with van der Waals surface area (Å²) in [5.41, 5.74) is 17.4. The average Bonchev–Trinajstić information content (AvgIpc) is 0.858. The van der Waals surface area contributed by atoms with Gasteiger partial charge in [0.05, 0.1) is 97.9 Å². The van der Waals surface area contributed by atoms with Crippen molar-refractivity contribution in [3.8, 4) is 0 Å². The first-order chi connectivity index (χ1) is 71.6. The van der Waals surface area contributed by atoms with Crippen molar-refractivity contribution in [2.24, 2.45) is 83.6 Å². The molecule has 14 aromatic rings. The monoisotopic (exact) mass is 2080 g/mol. The molecular formula is C106H120Cl2N28O12S. The molecule has 43 heteroatoms. The van der Waals surface area contributed by atoms with Crippen LogP contribution in [0.2, 0.25) is 10.0 Å². The van der Waals surface area contributed by atoms with Crippen molar-refractivity contribution >= 4 is 153 Å². The number of pyridine rings is 7. The minimum absolute atomic E-state index is 0.0185. The van der Waals surface area contributed by atoms with Gasteiger partial charge in [-0.05, 0) is 305 Å². The fourth-order valence-corrected chi connectivity index (χ4v) is 13.1. The van der Waals surface area contributed by atoms with Crippen LogP contribution in [0.15, 0.2) is 417 Å². The molecule has 7 aromatic heterocycles. The summed E-state index contributed by atoms with van der Waals surface area (Å²) in [5.74, 6) is 1.55. The maximum Gasteiger partial charge on any atom is 0.356 e. The molecule has 7 aromatic carbocycles. The number of aliphatic imine (C=N–C) groups is 1. The second-order valence-electron chi connectivity index (χ2n) is 32.4. The Bertz CT molecular complexity index is 7020. The van der Waals surface area contributed by atoms with Crippen LogP contribution in [-0.2, 0) is 21.5 Å². The minimum Gasteiger partial charge on any atom is -0.710 e. The summed E-state index contributed by atoms with van der Waals surface area (Å²) in [5, 5.41) is 151. The van der Waals surface area contributed by atoms with E-state index in [0.717, 1.165) is 126 Å². The van der Waals surface area contributed by atoms with E-state index in [4.69, 9.17) is 38.7 Å². The van der Waals surface area contributed by atoms with Crippen molar-refractivity contribution < 1.29 is 61.6 Å². The summed E-state index contributed by atoms with van der Waals surface area (Å²) in [6, 6.07) is 80.0. The van der Waals surface area contributed by atoms with Gasteiger partial charge < -0.3 is 80.4 Å². The highest BCUT2D eigenvalue weighted by molar-refractivity contribution is 7.85. The fraction of sp³-hybridized carbons (Fsp3) is 0.217. The summed E-state index contributed by atoms with van der Waals surface area (Å²) in [6.07, 6.45) is 21.0. The molecule has 0 saturated carbocycles. The van der Waals surface area contributed by atoms with Gasteiger partial charge in [-0.25, -0.2) is 32.2 Å². The van der Waals surface area contributed by atoms with Crippen LogP contribution < -0.4 is 68.4 Å². The first-order valence-corrected chi connectivity index (χ1v) is 49.1. The number of rotatable bonds is 29. The maximum absolute atomic E-state index is 11.6. The van der Waals surface area contributed by atoms with Gasteiger partial charge in [-0.2, -0.15) is 24.4 Å². The lowest BCUT2D eigenvalue weighted by atomic mass is 10.1. The van der Waals surface area contributed by atoms with E-state index in [-0.39, 0.29) is 24.8 Å². The van der Waals surface area contributed by atoms with Crippen LogP contribution in [0.3, 0.4) is 0 Å². The number of aromatic nitrogens is 7. The van der Waals surface area contributed by atoms with Crippen LogP contribution in [0.25, 0.3) is 0 Å². The number of hydrogen-bond acceptors (Lipinski definition) is 33. The molecule has 3 N–H and O–H groups in total. The molecule has 7 heterocycles. The third kappa shape index (κ3) is 41.4. The highest BCUT2D eigenvalue weighted by Gasteiger charge is 2.15. The third-order valence-electron chi connectivity index (χ3n) is 20.7. The third-order valence-corrected chi connectivity index (χ3v) is 21.4. The molecule has 0 amide bonds. The van der Waals surface area contributed by atoms with Crippen molar-refractivity contribution in [3.05, 3.63) is 399 Å². The van der Waals surface area contributed by atoms with Gasteiger partial charge in [0.1, 0.15) is 35.1 Å². The number of para-hydroxylation sites is 1. The van der Waals surface area contributed by atoms with Crippen LogP contribution in [0, 0.1) is 46.8 Å². The molecule has 0 radical (unpaired) electrons. The summed E-state index contributed by atoms with van der Waals surface area (Å²) in [6.45, 7) is 18.9. The molecule has 1 aliphatic rings. The van der Waals surface area contributed by atoms with Gasteiger partial charge >= 0.3 is 23.3 Å². The first kappa shape index (κ1) is 117. The minimum atomic E-state index is -3.72. The Hall–Kier alpha value is -17.2. The van der Waals surface area contributed by atoms with Crippen LogP contribution in [0.5, 0.6) is 0 Å². The van der Waals surface area contributed by atoms with Crippen molar-refractivity contribution in [2.75, 3.05) is 130 Å². The molecule has 0 spiro atoms. The van der Waals surface area contributed by atoms with E-state index in [2.05, 4.69) is 123 Å². The lowest BCUT2D eigenvalue weighted by molar-refractivity contribution is -0.658. The molecule has 0 atom stereocenters. The number of hydrogen-bond donors (Lipinski definition) is 3. The molecule has 0 bridgehead atoms. The van der Waals surface area contributed by atoms with Gasteiger partial charge in [-0.1, -0.05) is 53.5 Å². The van der Waals surface area contributed by atoms with Gasteiger partial charge in [0.2, 0.25) is 12.4 Å². The zero-order chi connectivity index (χ0) is 108. The van der Waals surface area contributed by atoms with Gasteiger partial charge in [0, 0.05) is 158 Å². The molecule has 0 fully saturated rings. The van der Waals surface area contributed by atoms with E-state index in [1.807, 2.05) is 308 Å². The summed E-state index contributed by atoms with van der Waals surface area (Å²) in [4.78, 5) is 17.0. The highest BCUT2D eigenvalue weighted by Crippen LogP contribution is 2.30. The van der Waals surface area contributed by atoms with E-state index < -0.39 is 10.1 Å². The van der Waals surface area contributed by atoms with Crippen molar-refractivity contribution in [1.29, 1.82) is 0 Å². The second-order valence-corrected chi connectivity index (χ2v) is 34.8. The number of allylic oxidation sites excluding steroid dienone is 4. The number of aliphatic hydroxyl groups is 2. The topological polar surface area (TPSA) is 475 Å². The number of halogens is 2. The van der Waals surface area contributed by atoms with E-state index in [9.17, 15) is 39.7 Å². The first-order valence-electron chi connectivity index (χ1n) is 46.5. The number of nitrogens with zero attached hydrogens (tertiary/aromatic N) is 28. The van der Waals surface area contributed by atoms with Crippen LogP contribution in [-0.4, -0.2) is 141 Å². The highest BCUT2D eigenvalue weighted by atomic mass is 35.5. The van der Waals surface area contributed by atoms with Crippen LogP contribution >= 0.6 is 23.2 Å². The second kappa shape index (κ2) is 61.8. The zero-order valence-electron chi connectivity index (χ0n) is 85.2. The quantitative estimate of drug-likeness (QED) is 0.00745. The normalized spacial score (nSPS) is 11.5. The SMILES string of the molecule is CCN(CC)c1ccc(N=Nc2c(C)ccc[n+]2[O-])cc1.CCN(CC)c1ccc(N=Nc2ccc(Cl)c[n+]2[O-])cc1.CN(C)c1ccc(N=Nc2ccc[n+]([O-])c2)cc1.CN(C)c1ccc(N=Nc2cccc[n+]2C)cc1.CS(=O)(=O)O[O-].Cc1cc(N(C)C)ccc1N=Nc1ccc(Cl)c[n+]1[O-].Cc1cccn(O)c1=NN=C1C=CC(=Nc2ccccc2)C=C1.[O-][n+]1cccc(N=Nc2ccc(N(CCO)CCO)cc2)c1. The molecule has 776 valence electrons. The lowest BCUT2D eigenvalue weighted by Crippen LogP contribution is -2.29. The van der Waals surface area contributed by atoms with E-state index >= 15 is 0 Å². The van der Waals surface area contributed by atoms with Crippen molar-refractivity contribution in [1.82, 2.24) is 4.73 Å². The Labute approximate surface area is 876 Å². The molecular weight excluding hydrogens is 1960 g/mol. The Morgan fingerprint density at radius 2 is 0.752 bits per heavy atom. The van der Waals surface area contributed by atoms with Gasteiger partial charge in [0.15, 0.2) is 29.3 Å². The lowest BCUT2D eigenvalue weighted by Gasteiger charge is -2.22. The fourth-order valence-electron chi connectivity index (χ4n) is 12.8. The number of benzene rings is 7. The Morgan fingerprint density at radius 1 is 0.369 bits per heavy atom. The van der Waals surface area contributed by atoms with Crippen molar-refractivity contribution in [3.63, 3.8) is 0 Å². The van der Waals surface area contributed by atoms with E-state index in [0.29, 0.717) is 88.1 Å². The molecule has 149 heavy (non-hydrogen) atoms.